The quantitative estimate of drug-likeness (QED) is 0.418. The topological polar surface area (TPSA) is 48.0 Å². The molecule has 0 spiro atoms. The van der Waals surface area contributed by atoms with Crippen LogP contribution in [-0.4, -0.2) is 24.1 Å². The summed E-state index contributed by atoms with van der Waals surface area (Å²) in [6.07, 6.45) is 1.77. The summed E-state index contributed by atoms with van der Waals surface area (Å²) in [6.45, 7) is 10.7. The maximum atomic E-state index is 4.89. The number of nitrogens with zero attached hydrogens (tertiary/aromatic N) is 5. The summed E-state index contributed by atoms with van der Waals surface area (Å²) < 4.78 is 4.03. The van der Waals surface area contributed by atoms with Gasteiger partial charge in [0.1, 0.15) is 6.33 Å². The molecule has 5 rings (SSSR count). The largest absolute Gasteiger partial charge is 0.298 e. The van der Waals surface area contributed by atoms with Crippen LogP contribution in [-0.2, 0) is 0 Å². The van der Waals surface area contributed by atoms with Crippen molar-refractivity contribution in [2.45, 2.75) is 34.6 Å². The minimum Gasteiger partial charge on any atom is -0.298 e. The van der Waals surface area contributed by atoms with Crippen LogP contribution in [0.5, 0.6) is 0 Å². The Labute approximate surface area is 169 Å². The van der Waals surface area contributed by atoms with Gasteiger partial charge < -0.3 is 0 Å². The highest BCUT2D eigenvalue weighted by atomic mass is 15.3. The van der Waals surface area contributed by atoms with Crippen LogP contribution < -0.4 is 0 Å². The Bertz CT molecular complexity index is 1390. The lowest BCUT2D eigenvalue weighted by molar-refractivity contribution is 0.925. The highest BCUT2D eigenvalue weighted by Crippen LogP contribution is 2.32. The van der Waals surface area contributed by atoms with Gasteiger partial charge >= 0.3 is 0 Å². The lowest BCUT2D eigenvalue weighted by Gasteiger charge is -2.13. The third-order valence-electron chi connectivity index (χ3n) is 5.96. The Morgan fingerprint density at radius 2 is 1.55 bits per heavy atom. The van der Waals surface area contributed by atoms with E-state index in [1.807, 2.05) is 0 Å². The van der Waals surface area contributed by atoms with Gasteiger partial charge in [0, 0.05) is 11.3 Å². The summed E-state index contributed by atoms with van der Waals surface area (Å²) in [5.74, 6) is 0.718. The van der Waals surface area contributed by atoms with Crippen molar-refractivity contribution < 1.29 is 0 Å². The standard InChI is InChI=1S/C24H23N5/c1-14-9-11-19(12-10-14)22-26-24-21-17(4)18(5)29(23(21)25-13-28(24)27-22)20-8-6-7-15(2)16(20)3/h6-13H,1-5H3. The molecular weight excluding hydrogens is 358 g/mol. The Morgan fingerprint density at radius 1 is 0.793 bits per heavy atom. The first-order valence-corrected chi connectivity index (χ1v) is 9.82. The smallest absolute Gasteiger partial charge is 0.182 e. The second kappa shape index (κ2) is 6.27. The van der Waals surface area contributed by atoms with E-state index in [4.69, 9.17) is 9.97 Å². The van der Waals surface area contributed by atoms with Crippen molar-refractivity contribution in [3.63, 3.8) is 0 Å². The first-order valence-electron chi connectivity index (χ1n) is 9.82. The maximum absolute atomic E-state index is 4.89. The average Bonchev–Trinajstić information content (AvgIpc) is 3.24. The van der Waals surface area contributed by atoms with Crippen molar-refractivity contribution >= 4 is 16.7 Å². The molecule has 3 heterocycles. The van der Waals surface area contributed by atoms with Crippen LogP contribution in [0.1, 0.15) is 27.9 Å². The molecule has 0 fully saturated rings. The number of aryl methyl sites for hydroxylation is 3. The van der Waals surface area contributed by atoms with Gasteiger partial charge in [-0.15, -0.1) is 5.10 Å². The van der Waals surface area contributed by atoms with Crippen molar-refractivity contribution in [1.29, 1.82) is 0 Å². The van der Waals surface area contributed by atoms with Crippen molar-refractivity contribution in [2.24, 2.45) is 0 Å². The van der Waals surface area contributed by atoms with E-state index in [0.717, 1.165) is 33.8 Å². The van der Waals surface area contributed by atoms with Crippen LogP contribution in [0, 0.1) is 34.6 Å². The number of aromatic nitrogens is 5. The third kappa shape index (κ3) is 2.58. The summed E-state index contributed by atoms with van der Waals surface area (Å²) >= 11 is 0. The molecule has 0 saturated carbocycles. The lowest BCUT2D eigenvalue weighted by Crippen LogP contribution is -2.02. The molecule has 0 unspecified atom stereocenters. The van der Waals surface area contributed by atoms with Gasteiger partial charge in [-0.05, 0) is 57.4 Å². The van der Waals surface area contributed by atoms with Gasteiger partial charge in [0.25, 0.3) is 0 Å². The molecule has 0 saturated heterocycles. The summed E-state index contributed by atoms with van der Waals surface area (Å²) in [7, 11) is 0. The maximum Gasteiger partial charge on any atom is 0.182 e. The van der Waals surface area contributed by atoms with E-state index in [9.17, 15) is 0 Å². The predicted molar refractivity (Wildman–Crippen MR) is 117 cm³/mol. The van der Waals surface area contributed by atoms with Gasteiger partial charge in [0.15, 0.2) is 17.1 Å². The third-order valence-corrected chi connectivity index (χ3v) is 5.96. The van der Waals surface area contributed by atoms with E-state index in [-0.39, 0.29) is 0 Å². The monoisotopic (exact) mass is 381 g/mol. The fraction of sp³-hybridized carbons (Fsp3) is 0.208. The molecule has 3 aromatic heterocycles. The Morgan fingerprint density at radius 3 is 2.31 bits per heavy atom. The highest BCUT2D eigenvalue weighted by molar-refractivity contribution is 5.95. The van der Waals surface area contributed by atoms with Crippen LogP contribution >= 0.6 is 0 Å². The summed E-state index contributed by atoms with van der Waals surface area (Å²) in [4.78, 5) is 9.67. The van der Waals surface area contributed by atoms with E-state index in [2.05, 4.69) is 86.7 Å². The first kappa shape index (κ1) is 17.6. The molecule has 0 atom stereocenters. The molecule has 0 amide bonds. The Kier molecular flexibility index (Phi) is 3.81. The van der Waals surface area contributed by atoms with Crippen molar-refractivity contribution in [1.82, 2.24) is 24.1 Å². The van der Waals surface area contributed by atoms with Crippen LogP contribution in [0.4, 0.5) is 0 Å². The molecule has 0 radical (unpaired) electrons. The highest BCUT2D eigenvalue weighted by Gasteiger charge is 2.20. The molecule has 29 heavy (non-hydrogen) atoms. The fourth-order valence-electron chi connectivity index (χ4n) is 3.96. The van der Waals surface area contributed by atoms with Crippen LogP contribution in [0.15, 0.2) is 48.8 Å². The number of hydrogen-bond donors (Lipinski definition) is 0. The van der Waals surface area contributed by atoms with Gasteiger partial charge in [0.05, 0.1) is 11.1 Å². The first-order chi connectivity index (χ1) is 14.0. The van der Waals surface area contributed by atoms with Crippen LogP contribution in [0.3, 0.4) is 0 Å². The number of rotatable bonds is 2. The van der Waals surface area contributed by atoms with E-state index in [0.29, 0.717) is 0 Å². The molecule has 5 aromatic rings. The van der Waals surface area contributed by atoms with Crippen molar-refractivity contribution in [3.05, 3.63) is 76.7 Å². The Hall–Kier alpha value is -3.47. The molecule has 0 aliphatic carbocycles. The zero-order valence-corrected chi connectivity index (χ0v) is 17.4. The zero-order chi connectivity index (χ0) is 20.3. The predicted octanol–water partition coefficient (Wildman–Crippen LogP) is 5.28. The van der Waals surface area contributed by atoms with Gasteiger partial charge in [0.2, 0.25) is 0 Å². The normalized spacial score (nSPS) is 11.6. The van der Waals surface area contributed by atoms with E-state index >= 15 is 0 Å². The minimum absolute atomic E-state index is 0.718. The molecule has 144 valence electrons. The van der Waals surface area contributed by atoms with Gasteiger partial charge in [-0.3, -0.25) is 4.57 Å². The van der Waals surface area contributed by atoms with Crippen molar-refractivity contribution in [3.8, 4) is 17.1 Å². The van der Waals surface area contributed by atoms with E-state index in [1.54, 1.807) is 10.8 Å². The molecule has 0 aliphatic rings. The van der Waals surface area contributed by atoms with Gasteiger partial charge in [-0.2, -0.15) is 0 Å². The van der Waals surface area contributed by atoms with Crippen molar-refractivity contribution in [2.75, 3.05) is 0 Å². The van der Waals surface area contributed by atoms with E-state index < -0.39 is 0 Å². The SMILES string of the molecule is Cc1ccc(-c2nc3c4c(C)c(C)n(-c5cccc(C)c5C)c4ncn3n2)cc1. The van der Waals surface area contributed by atoms with Crippen LogP contribution in [0.25, 0.3) is 33.8 Å². The summed E-state index contributed by atoms with van der Waals surface area (Å²) in [6, 6.07) is 14.7. The second-order valence-corrected chi connectivity index (χ2v) is 7.78. The number of benzene rings is 2. The average molecular weight is 381 g/mol. The molecule has 2 aromatic carbocycles. The summed E-state index contributed by atoms with van der Waals surface area (Å²) in [5, 5.41) is 5.73. The number of hydrogen-bond acceptors (Lipinski definition) is 3. The lowest BCUT2D eigenvalue weighted by atomic mass is 10.1. The molecule has 0 bridgehead atoms. The van der Waals surface area contributed by atoms with Gasteiger partial charge in [-0.25, -0.2) is 14.5 Å². The molecular formula is C24H23N5. The Balaban J connectivity index is 1.80. The molecule has 0 N–H and O–H groups in total. The molecule has 5 nitrogen and oxygen atoms in total. The molecule has 0 aliphatic heterocycles. The summed E-state index contributed by atoms with van der Waals surface area (Å²) in [5.41, 5.74) is 10.0. The second-order valence-electron chi connectivity index (χ2n) is 7.78. The number of fused-ring (bicyclic) bond motifs is 3. The van der Waals surface area contributed by atoms with E-state index in [1.165, 1.54) is 27.9 Å². The minimum atomic E-state index is 0.718. The fourth-order valence-corrected chi connectivity index (χ4v) is 3.96. The van der Waals surface area contributed by atoms with Crippen LogP contribution in [0.2, 0.25) is 0 Å². The molecule has 5 heteroatoms. The zero-order valence-electron chi connectivity index (χ0n) is 17.4. The van der Waals surface area contributed by atoms with Gasteiger partial charge in [-0.1, -0.05) is 42.0 Å².